The zero-order valence-corrected chi connectivity index (χ0v) is 11.4. The van der Waals surface area contributed by atoms with Crippen LogP contribution in [-0.2, 0) is 11.2 Å². The third kappa shape index (κ3) is 3.34. The molecule has 0 saturated carbocycles. The number of benzene rings is 1. The molecule has 0 atom stereocenters. The third-order valence-electron chi connectivity index (χ3n) is 2.87. The van der Waals surface area contributed by atoms with Crippen molar-refractivity contribution in [3.05, 3.63) is 47.5 Å². The number of hydrogen-bond donors (Lipinski definition) is 1. The Hall–Kier alpha value is -2.37. The molecule has 0 aliphatic rings. The molecule has 6 heteroatoms. The predicted molar refractivity (Wildman–Crippen MR) is 73.3 cm³/mol. The second-order valence-corrected chi connectivity index (χ2v) is 4.55. The summed E-state index contributed by atoms with van der Waals surface area (Å²) in [5, 5.41) is 6.46. The molecule has 0 bridgehead atoms. The topological polar surface area (TPSA) is 58.2 Å². The summed E-state index contributed by atoms with van der Waals surface area (Å²) in [6.07, 6.45) is 3.92. The second-order valence-electron chi connectivity index (χ2n) is 4.55. The van der Waals surface area contributed by atoms with Gasteiger partial charge in [-0.15, -0.1) is 0 Å². The van der Waals surface area contributed by atoms with E-state index in [9.17, 15) is 9.18 Å². The van der Waals surface area contributed by atoms with Crippen LogP contribution in [0.25, 0.3) is 0 Å². The smallest absolute Gasteiger partial charge is 0.341 e. The lowest BCUT2D eigenvalue weighted by Crippen LogP contribution is -2.12. The summed E-state index contributed by atoms with van der Waals surface area (Å²) < 4.78 is 18.9. The van der Waals surface area contributed by atoms with Crippen LogP contribution < -0.4 is 4.90 Å². The zero-order chi connectivity index (χ0) is 14.5. The number of rotatable bonds is 5. The van der Waals surface area contributed by atoms with Crippen LogP contribution in [0.2, 0.25) is 0 Å². The maximum absolute atomic E-state index is 13.8. The highest BCUT2D eigenvalue weighted by Gasteiger charge is 2.14. The van der Waals surface area contributed by atoms with Gasteiger partial charge in [-0.25, -0.2) is 9.18 Å². The van der Waals surface area contributed by atoms with Gasteiger partial charge in [0.15, 0.2) is 0 Å². The molecule has 1 aromatic heterocycles. The van der Waals surface area contributed by atoms with Gasteiger partial charge in [-0.2, -0.15) is 5.10 Å². The standard InChI is InChI=1S/C14H16FN3O2/c1-18(2)11-3-4-12(13(15)7-11)14(19)20-6-5-10-8-16-17-9-10/h3-4,7-9H,5-6H2,1-2H3,(H,16,17). The van der Waals surface area contributed by atoms with Gasteiger partial charge < -0.3 is 9.64 Å². The Balaban J connectivity index is 1.95. The van der Waals surface area contributed by atoms with Crippen LogP contribution in [0.3, 0.4) is 0 Å². The minimum absolute atomic E-state index is 0.0530. The van der Waals surface area contributed by atoms with E-state index in [4.69, 9.17) is 4.74 Å². The van der Waals surface area contributed by atoms with E-state index in [0.717, 1.165) is 5.56 Å². The summed E-state index contributed by atoms with van der Waals surface area (Å²) in [5.74, 6) is -1.24. The number of H-pyrrole nitrogens is 1. The van der Waals surface area contributed by atoms with E-state index in [2.05, 4.69) is 10.2 Å². The largest absolute Gasteiger partial charge is 0.462 e. The first kappa shape index (κ1) is 14.0. The van der Waals surface area contributed by atoms with Gasteiger partial charge in [-0.3, -0.25) is 5.10 Å². The highest BCUT2D eigenvalue weighted by molar-refractivity contribution is 5.90. The van der Waals surface area contributed by atoms with Crippen LogP contribution >= 0.6 is 0 Å². The summed E-state index contributed by atoms with van der Waals surface area (Å²) in [6.45, 7) is 0.188. The minimum atomic E-state index is -0.656. The number of carbonyl (C=O) groups excluding carboxylic acids is 1. The normalized spacial score (nSPS) is 10.3. The van der Waals surface area contributed by atoms with Crippen molar-refractivity contribution < 1.29 is 13.9 Å². The van der Waals surface area contributed by atoms with Crippen LogP contribution in [0.15, 0.2) is 30.6 Å². The Bertz CT molecular complexity index is 582. The molecule has 106 valence electrons. The summed E-state index contributed by atoms with van der Waals surface area (Å²) in [4.78, 5) is 13.5. The quantitative estimate of drug-likeness (QED) is 0.849. The Kier molecular flexibility index (Phi) is 4.34. The highest BCUT2D eigenvalue weighted by atomic mass is 19.1. The lowest BCUT2D eigenvalue weighted by molar-refractivity contribution is 0.0504. The molecule has 20 heavy (non-hydrogen) atoms. The molecule has 0 amide bonds. The Labute approximate surface area is 116 Å². The molecule has 2 aromatic rings. The number of halogens is 1. The number of carbonyl (C=O) groups is 1. The Morgan fingerprint density at radius 1 is 1.45 bits per heavy atom. The van der Waals surface area contributed by atoms with Gasteiger partial charge in [0, 0.05) is 32.4 Å². The Morgan fingerprint density at radius 3 is 2.85 bits per heavy atom. The van der Waals surface area contributed by atoms with Crippen LogP contribution in [-0.4, -0.2) is 36.9 Å². The van der Waals surface area contributed by atoms with Gasteiger partial charge in [0.05, 0.1) is 18.4 Å². The van der Waals surface area contributed by atoms with Crippen molar-refractivity contribution in [2.75, 3.05) is 25.6 Å². The number of aromatic amines is 1. The number of ether oxygens (including phenoxy) is 1. The van der Waals surface area contributed by atoms with Gasteiger partial charge in [0.2, 0.25) is 0 Å². The van der Waals surface area contributed by atoms with Crippen LogP contribution in [0.1, 0.15) is 15.9 Å². The fourth-order valence-electron chi connectivity index (χ4n) is 1.70. The van der Waals surface area contributed by atoms with E-state index >= 15 is 0 Å². The fourth-order valence-corrected chi connectivity index (χ4v) is 1.70. The van der Waals surface area contributed by atoms with Crippen molar-refractivity contribution in [3.8, 4) is 0 Å². The summed E-state index contributed by atoms with van der Waals surface area (Å²) in [5.41, 5.74) is 1.57. The van der Waals surface area contributed by atoms with Crippen molar-refractivity contribution in [1.82, 2.24) is 10.2 Å². The van der Waals surface area contributed by atoms with E-state index in [-0.39, 0.29) is 12.2 Å². The van der Waals surface area contributed by atoms with Crippen LogP contribution in [0.4, 0.5) is 10.1 Å². The van der Waals surface area contributed by atoms with Crippen molar-refractivity contribution >= 4 is 11.7 Å². The molecule has 0 aliphatic carbocycles. The van der Waals surface area contributed by atoms with Gasteiger partial charge in [-0.1, -0.05) is 0 Å². The van der Waals surface area contributed by atoms with Gasteiger partial charge >= 0.3 is 5.97 Å². The van der Waals surface area contributed by atoms with Gasteiger partial charge in [-0.05, 0) is 23.8 Å². The molecule has 0 spiro atoms. The molecular formula is C14H16FN3O2. The number of aromatic nitrogens is 2. The number of nitrogens with zero attached hydrogens (tertiary/aromatic N) is 2. The SMILES string of the molecule is CN(C)c1ccc(C(=O)OCCc2cn[nH]c2)c(F)c1. The van der Waals surface area contributed by atoms with Crippen molar-refractivity contribution in [2.45, 2.75) is 6.42 Å². The van der Waals surface area contributed by atoms with Gasteiger partial charge in [0.1, 0.15) is 5.82 Å². The third-order valence-corrected chi connectivity index (χ3v) is 2.87. The first-order chi connectivity index (χ1) is 9.58. The van der Waals surface area contributed by atoms with Crippen molar-refractivity contribution in [2.24, 2.45) is 0 Å². The highest BCUT2D eigenvalue weighted by Crippen LogP contribution is 2.17. The molecule has 1 N–H and O–H groups in total. The molecule has 0 unspecified atom stereocenters. The molecular weight excluding hydrogens is 261 g/mol. The number of nitrogens with one attached hydrogen (secondary N) is 1. The van der Waals surface area contributed by atoms with Gasteiger partial charge in [0.25, 0.3) is 0 Å². The average molecular weight is 277 g/mol. The van der Waals surface area contributed by atoms with E-state index in [1.807, 2.05) is 0 Å². The van der Waals surface area contributed by atoms with E-state index in [1.54, 1.807) is 37.5 Å². The molecule has 0 aliphatic heterocycles. The van der Waals surface area contributed by atoms with Crippen molar-refractivity contribution in [3.63, 3.8) is 0 Å². The molecule has 0 fully saturated rings. The molecule has 2 rings (SSSR count). The van der Waals surface area contributed by atoms with Crippen LogP contribution in [0.5, 0.6) is 0 Å². The second kappa shape index (κ2) is 6.18. The van der Waals surface area contributed by atoms with Crippen molar-refractivity contribution in [1.29, 1.82) is 0 Å². The first-order valence-corrected chi connectivity index (χ1v) is 6.19. The summed E-state index contributed by atoms with van der Waals surface area (Å²) in [7, 11) is 3.61. The first-order valence-electron chi connectivity index (χ1n) is 6.19. The minimum Gasteiger partial charge on any atom is -0.462 e. The fraction of sp³-hybridized carbons (Fsp3) is 0.286. The molecule has 5 nitrogen and oxygen atoms in total. The Morgan fingerprint density at radius 2 is 2.25 bits per heavy atom. The summed E-state index contributed by atoms with van der Waals surface area (Å²) in [6, 6.07) is 4.42. The monoisotopic (exact) mass is 277 g/mol. The zero-order valence-electron chi connectivity index (χ0n) is 11.4. The van der Waals surface area contributed by atoms with Crippen LogP contribution in [0, 0.1) is 5.82 Å². The summed E-state index contributed by atoms with van der Waals surface area (Å²) >= 11 is 0. The maximum Gasteiger partial charge on any atom is 0.341 e. The predicted octanol–water partition coefficient (Wildman–Crippen LogP) is 2.01. The molecule has 0 radical (unpaired) electrons. The van der Waals surface area contributed by atoms with E-state index in [1.165, 1.54) is 12.1 Å². The molecule has 1 aromatic carbocycles. The maximum atomic E-state index is 13.8. The van der Waals surface area contributed by atoms with E-state index in [0.29, 0.717) is 12.1 Å². The number of hydrogen-bond acceptors (Lipinski definition) is 4. The van der Waals surface area contributed by atoms with E-state index < -0.39 is 11.8 Å². The number of anilines is 1. The lowest BCUT2D eigenvalue weighted by Gasteiger charge is -2.13. The number of esters is 1. The molecule has 1 heterocycles. The lowest BCUT2D eigenvalue weighted by atomic mass is 10.2. The average Bonchev–Trinajstić information content (AvgIpc) is 2.91. The molecule has 0 saturated heterocycles.